The third-order valence-corrected chi connectivity index (χ3v) is 13.9. The maximum Gasteiger partial charge on any atom is 0.306 e. The van der Waals surface area contributed by atoms with Gasteiger partial charge in [-0.1, -0.05) is 251 Å². The number of phosphoric acid groups is 1. The van der Waals surface area contributed by atoms with E-state index in [9.17, 15) is 19.0 Å². The molecule has 0 saturated heterocycles. The quantitative estimate of drug-likeness (QED) is 0.0195. The predicted octanol–water partition coefficient (Wildman–Crippen LogP) is 19.3. The average molecular weight is 1110 g/mol. The summed E-state index contributed by atoms with van der Waals surface area (Å²) >= 11 is 0. The molecule has 0 saturated carbocycles. The fourth-order valence-electron chi connectivity index (χ4n) is 8.24. The van der Waals surface area contributed by atoms with E-state index in [2.05, 4.69) is 135 Å². The normalized spacial score (nSPS) is 14.1. The van der Waals surface area contributed by atoms with Crippen LogP contribution in [0.4, 0.5) is 0 Å². The molecule has 0 aliphatic carbocycles. The SMILES string of the molecule is CC/C=C\C/C=C\C/C=C\C/C=C\C/C=C\C/C=C\CCCCCCCCCCCCCCCCCCCCC(=O)OC(COC(=O)CCCCCC/C=C\C/C=C\C/C=C\C/C=C\CC)COP(=O)([O-])OCC[N+](C)(C)C. The minimum absolute atomic E-state index is 0.0394. The third-order valence-electron chi connectivity index (χ3n) is 13.0. The van der Waals surface area contributed by atoms with Crippen molar-refractivity contribution < 1.29 is 42.1 Å². The van der Waals surface area contributed by atoms with Crippen LogP contribution in [0.2, 0.25) is 0 Å². The molecule has 0 radical (unpaired) electrons. The van der Waals surface area contributed by atoms with Crippen molar-refractivity contribution in [1.29, 1.82) is 0 Å². The lowest BCUT2D eigenvalue weighted by atomic mass is 10.0. The Morgan fingerprint density at radius 2 is 0.692 bits per heavy atom. The molecule has 0 bridgehead atoms. The van der Waals surface area contributed by atoms with Crippen LogP contribution < -0.4 is 4.89 Å². The van der Waals surface area contributed by atoms with Crippen LogP contribution in [-0.2, 0) is 32.7 Å². The minimum Gasteiger partial charge on any atom is -0.756 e. The van der Waals surface area contributed by atoms with E-state index in [1.54, 1.807) is 0 Å². The van der Waals surface area contributed by atoms with Gasteiger partial charge in [0.15, 0.2) is 6.10 Å². The van der Waals surface area contributed by atoms with Crippen molar-refractivity contribution in [2.45, 2.75) is 251 Å². The van der Waals surface area contributed by atoms with Gasteiger partial charge in [0, 0.05) is 12.8 Å². The fraction of sp³-hybridized carbons (Fsp3) is 0.676. The van der Waals surface area contributed by atoms with E-state index in [4.69, 9.17) is 18.5 Å². The molecule has 0 spiro atoms. The largest absolute Gasteiger partial charge is 0.756 e. The fourth-order valence-corrected chi connectivity index (χ4v) is 8.97. The number of nitrogens with zero attached hydrogens (tertiary/aromatic N) is 1. The highest BCUT2D eigenvalue weighted by Gasteiger charge is 2.22. The molecule has 0 aromatic heterocycles. The molecule has 0 aromatic rings. The van der Waals surface area contributed by atoms with Crippen molar-refractivity contribution in [1.82, 2.24) is 0 Å². The lowest BCUT2D eigenvalue weighted by Gasteiger charge is -2.28. The topological polar surface area (TPSA) is 111 Å². The lowest BCUT2D eigenvalue weighted by Crippen LogP contribution is -2.37. The van der Waals surface area contributed by atoms with E-state index in [0.717, 1.165) is 109 Å². The summed E-state index contributed by atoms with van der Waals surface area (Å²) < 4.78 is 34.1. The van der Waals surface area contributed by atoms with Gasteiger partial charge in [-0.05, 0) is 103 Å². The Morgan fingerprint density at radius 1 is 0.397 bits per heavy atom. The number of carbonyl (C=O) groups is 2. The molecule has 0 aliphatic rings. The minimum atomic E-state index is -4.65. The number of ether oxygens (including phenoxy) is 2. The van der Waals surface area contributed by atoms with Crippen molar-refractivity contribution in [2.24, 2.45) is 0 Å². The van der Waals surface area contributed by atoms with E-state index < -0.39 is 32.5 Å². The van der Waals surface area contributed by atoms with Crippen LogP contribution in [0.3, 0.4) is 0 Å². The van der Waals surface area contributed by atoms with Crippen LogP contribution in [0.25, 0.3) is 0 Å². The smallest absolute Gasteiger partial charge is 0.306 e. The number of esters is 2. The first-order valence-electron chi connectivity index (χ1n) is 31.2. The van der Waals surface area contributed by atoms with Gasteiger partial charge in [0.25, 0.3) is 7.82 Å². The predicted molar refractivity (Wildman–Crippen MR) is 332 cm³/mol. The van der Waals surface area contributed by atoms with Gasteiger partial charge in [0.2, 0.25) is 0 Å². The number of allylic oxidation sites excluding steroid dienone is 20. The zero-order valence-electron chi connectivity index (χ0n) is 50.6. The summed E-state index contributed by atoms with van der Waals surface area (Å²) in [6.45, 7) is 3.98. The second-order valence-electron chi connectivity index (χ2n) is 21.7. The third kappa shape index (κ3) is 61.6. The maximum absolute atomic E-state index is 12.8. The van der Waals surface area contributed by atoms with Gasteiger partial charge in [-0.25, -0.2) is 0 Å². The molecule has 10 heteroatoms. The van der Waals surface area contributed by atoms with Crippen LogP contribution >= 0.6 is 7.82 Å². The zero-order valence-corrected chi connectivity index (χ0v) is 51.5. The Kier molecular flexibility index (Phi) is 55.4. The molecule has 0 aliphatic heterocycles. The molecule has 78 heavy (non-hydrogen) atoms. The number of carbonyl (C=O) groups excluding carboxylic acids is 2. The van der Waals surface area contributed by atoms with E-state index >= 15 is 0 Å². The average Bonchev–Trinajstić information content (AvgIpc) is 3.41. The highest BCUT2D eigenvalue weighted by molar-refractivity contribution is 7.45. The molecule has 0 heterocycles. The van der Waals surface area contributed by atoms with Crippen molar-refractivity contribution >= 4 is 19.8 Å². The number of hydrogen-bond acceptors (Lipinski definition) is 8. The van der Waals surface area contributed by atoms with E-state index in [-0.39, 0.29) is 26.1 Å². The van der Waals surface area contributed by atoms with Crippen molar-refractivity contribution in [3.63, 3.8) is 0 Å². The number of phosphoric ester groups is 1. The monoisotopic (exact) mass is 1110 g/mol. The summed E-state index contributed by atoms with van der Waals surface area (Å²) in [5.74, 6) is -0.862. The number of unbranched alkanes of at least 4 members (excludes halogenated alkanes) is 22. The van der Waals surface area contributed by atoms with E-state index in [1.165, 1.54) is 96.3 Å². The van der Waals surface area contributed by atoms with Crippen LogP contribution in [-0.4, -0.2) is 70.0 Å². The standard InChI is InChI=1S/C68H116NO8P/c1-6-8-10-12-14-16-18-20-22-24-25-26-27-28-29-30-31-32-33-34-35-36-37-38-39-40-41-42-43-45-47-49-51-53-55-57-59-61-68(71)77-66(65-76-78(72,73)75-63-62-69(3,4)5)64-74-67(70)60-58-56-54-52-50-48-46-44-23-21-19-17-15-13-11-9-7-2/h8-11,14-17,20-23,25-26,28-29,31-32,46,48,66H,6-7,12-13,18-19,24,27,30,33-45,47,49-65H2,1-5H3/b10-8-,11-9-,16-14-,17-15-,22-20-,23-21-,26-25-,29-28-,32-31-,48-46-. The summed E-state index contributed by atoms with van der Waals surface area (Å²) in [6, 6.07) is 0. The number of rotatable bonds is 56. The Bertz CT molecular complexity index is 1730. The van der Waals surface area contributed by atoms with Gasteiger partial charge >= 0.3 is 11.9 Å². The Hall–Kier alpha value is -3.59. The number of likely N-dealkylation sites (N-methyl/N-ethyl adjacent to an activating group) is 1. The maximum atomic E-state index is 12.8. The van der Waals surface area contributed by atoms with Crippen LogP contribution in [0, 0.1) is 0 Å². The van der Waals surface area contributed by atoms with Gasteiger partial charge in [-0.15, -0.1) is 0 Å². The molecule has 2 unspecified atom stereocenters. The van der Waals surface area contributed by atoms with Crippen molar-refractivity contribution in [3.05, 3.63) is 122 Å². The van der Waals surface area contributed by atoms with Gasteiger partial charge in [-0.2, -0.15) is 0 Å². The Balaban J connectivity index is 4.05. The second kappa shape index (κ2) is 58.1. The molecule has 0 fully saturated rings. The summed E-state index contributed by atoms with van der Waals surface area (Å²) in [6.07, 6.45) is 82.7. The van der Waals surface area contributed by atoms with Crippen molar-refractivity contribution in [2.75, 3.05) is 47.5 Å². The molecule has 0 amide bonds. The zero-order chi connectivity index (χ0) is 57.0. The van der Waals surface area contributed by atoms with Gasteiger partial charge in [-0.3, -0.25) is 14.2 Å². The van der Waals surface area contributed by atoms with Gasteiger partial charge < -0.3 is 27.9 Å². The summed E-state index contributed by atoms with van der Waals surface area (Å²) in [4.78, 5) is 37.9. The van der Waals surface area contributed by atoms with Crippen molar-refractivity contribution in [3.8, 4) is 0 Å². The molecule has 0 N–H and O–H groups in total. The van der Waals surface area contributed by atoms with Gasteiger partial charge in [0.05, 0.1) is 27.7 Å². The van der Waals surface area contributed by atoms with Crippen LogP contribution in [0.15, 0.2) is 122 Å². The van der Waals surface area contributed by atoms with E-state index in [0.29, 0.717) is 23.9 Å². The second-order valence-corrected chi connectivity index (χ2v) is 23.1. The molecule has 9 nitrogen and oxygen atoms in total. The Morgan fingerprint density at radius 3 is 1.03 bits per heavy atom. The van der Waals surface area contributed by atoms with Gasteiger partial charge in [0.1, 0.15) is 19.8 Å². The molecule has 2 atom stereocenters. The molecule has 0 rings (SSSR count). The first kappa shape index (κ1) is 74.4. The van der Waals surface area contributed by atoms with Crippen LogP contribution in [0.5, 0.6) is 0 Å². The summed E-state index contributed by atoms with van der Waals surface area (Å²) in [5.41, 5.74) is 0. The summed E-state index contributed by atoms with van der Waals surface area (Å²) in [7, 11) is 1.14. The molecular weight excluding hydrogens is 990 g/mol. The Labute approximate surface area is 479 Å². The van der Waals surface area contributed by atoms with E-state index in [1.807, 2.05) is 21.1 Å². The number of hydrogen-bond donors (Lipinski definition) is 0. The molecular formula is C68H116NO8P. The lowest BCUT2D eigenvalue weighted by molar-refractivity contribution is -0.870. The number of quaternary nitrogens is 1. The first-order valence-corrected chi connectivity index (χ1v) is 32.7. The molecule has 446 valence electrons. The highest BCUT2D eigenvalue weighted by atomic mass is 31.2. The van der Waals surface area contributed by atoms with Crippen LogP contribution in [0.1, 0.15) is 245 Å². The highest BCUT2D eigenvalue weighted by Crippen LogP contribution is 2.38. The first-order chi connectivity index (χ1) is 38.0. The summed E-state index contributed by atoms with van der Waals surface area (Å²) in [5, 5.41) is 0. The molecule has 0 aromatic carbocycles.